The zero-order valence-electron chi connectivity index (χ0n) is 15.2. The van der Waals surface area contributed by atoms with Crippen LogP contribution in [0, 0.1) is 0 Å². The number of carbonyl (C=O) groups excluding carboxylic acids is 1. The van der Waals surface area contributed by atoms with E-state index in [1.54, 1.807) is 24.3 Å². The minimum Gasteiger partial charge on any atom is -0.449 e. The van der Waals surface area contributed by atoms with Crippen molar-refractivity contribution in [3.05, 3.63) is 77.9 Å². The number of ether oxygens (including phenoxy) is 1. The van der Waals surface area contributed by atoms with E-state index in [0.29, 0.717) is 24.9 Å². The third-order valence-electron chi connectivity index (χ3n) is 5.70. The first kappa shape index (κ1) is 17.4. The van der Waals surface area contributed by atoms with Gasteiger partial charge in [0.15, 0.2) is 5.60 Å². The van der Waals surface area contributed by atoms with Gasteiger partial charge in [-0.05, 0) is 41.8 Å². The van der Waals surface area contributed by atoms with E-state index in [1.807, 2.05) is 42.5 Å². The highest BCUT2D eigenvalue weighted by Gasteiger charge is 2.50. The number of esters is 1. The van der Waals surface area contributed by atoms with Crippen LogP contribution < -0.4 is 0 Å². The summed E-state index contributed by atoms with van der Waals surface area (Å²) in [4.78, 5) is 12.6. The Labute approximate surface area is 163 Å². The number of nitrogens with zero attached hydrogens (tertiary/aromatic N) is 1. The Balaban J connectivity index is 1.53. The fourth-order valence-electron chi connectivity index (χ4n) is 4.32. The molecule has 1 spiro atoms. The summed E-state index contributed by atoms with van der Waals surface area (Å²) in [6.45, 7) is 0.557. The summed E-state index contributed by atoms with van der Waals surface area (Å²) < 4.78 is 33.9. The summed E-state index contributed by atoms with van der Waals surface area (Å²) in [5, 5.41) is 1.88. The Bertz CT molecular complexity index is 1200. The smallest absolute Gasteiger partial charge is 0.339 e. The van der Waals surface area contributed by atoms with Crippen molar-refractivity contribution in [1.29, 1.82) is 0 Å². The lowest BCUT2D eigenvalue weighted by Crippen LogP contribution is -2.48. The molecular formula is C22H19NO4S. The van der Waals surface area contributed by atoms with Crippen molar-refractivity contribution in [3.63, 3.8) is 0 Å². The molecule has 1 fully saturated rings. The Morgan fingerprint density at radius 1 is 0.929 bits per heavy atom. The quantitative estimate of drug-likeness (QED) is 0.623. The van der Waals surface area contributed by atoms with Crippen LogP contribution in [0.1, 0.15) is 28.8 Å². The van der Waals surface area contributed by atoms with Crippen molar-refractivity contribution in [2.75, 3.05) is 13.1 Å². The van der Waals surface area contributed by atoms with Crippen LogP contribution in [0.3, 0.4) is 0 Å². The maximum atomic E-state index is 13.3. The van der Waals surface area contributed by atoms with E-state index in [-0.39, 0.29) is 17.4 Å². The van der Waals surface area contributed by atoms with Crippen LogP contribution in [0.15, 0.2) is 71.6 Å². The molecule has 0 radical (unpaired) electrons. The number of fused-ring (bicyclic) bond motifs is 3. The van der Waals surface area contributed by atoms with E-state index < -0.39 is 15.6 Å². The summed E-state index contributed by atoms with van der Waals surface area (Å²) in [5.74, 6) is -0.374. The molecule has 0 saturated carbocycles. The second-order valence-electron chi connectivity index (χ2n) is 7.38. The molecule has 1 unspecified atom stereocenters. The van der Waals surface area contributed by atoms with Crippen LogP contribution in [-0.2, 0) is 20.4 Å². The molecule has 3 aromatic rings. The number of benzene rings is 3. The molecule has 0 bridgehead atoms. The predicted molar refractivity (Wildman–Crippen MR) is 105 cm³/mol. The molecule has 5 nitrogen and oxygen atoms in total. The molecule has 1 atom stereocenters. The van der Waals surface area contributed by atoms with Crippen molar-refractivity contribution in [3.8, 4) is 0 Å². The van der Waals surface area contributed by atoms with Crippen LogP contribution >= 0.6 is 0 Å². The highest BCUT2D eigenvalue weighted by atomic mass is 32.2. The number of rotatable bonds is 2. The fourth-order valence-corrected chi connectivity index (χ4v) is 5.88. The van der Waals surface area contributed by atoms with Gasteiger partial charge >= 0.3 is 5.97 Å². The molecule has 5 rings (SSSR count). The van der Waals surface area contributed by atoms with Crippen LogP contribution in [0.2, 0.25) is 0 Å². The zero-order valence-corrected chi connectivity index (χ0v) is 16.0. The lowest BCUT2D eigenvalue weighted by atomic mass is 9.86. The molecule has 0 aliphatic carbocycles. The first-order chi connectivity index (χ1) is 13.5. The van der Waals surface area contributed by atoms with E-state index >= 15 is 0 Å². The Kier molecular flexibility index (Phi) is 3.82. The number of carbonyl (C=O) groups is 1. The Hall–Kier alpha value is -2.70. The van der Waals surface area contributed by atoms with Gasteiger partial charge in [0, 0.05) is 12.1 Å². The van der Waals surface area contributed by atoms with Crippen molar-refractivity contribution in [1.82, 2.24) is 4.31 Å². The van der Waals surface area contributed by atoms with Crippen molar-refractivity contribution in [2.45, 2.75) is 23.3 Å². The number of hydrogen-bond donors (Lipinski definition) is 0. The molecule has 6 heteroatoms. The third kappa shape index (κ3) is 2.56. The Morgan fingerprint density at radius 3 is 2.54 bits per heavy atom. The molecule has 0 amide bonds. The Morgan fingerprint density at radius 2 is 1.68 bits per heavy atom. The van der Waals surface area contributed by atoms with Gasteiger partial charge in [0.05, 0.1) is 17.0 Å². The SMILES string of the molecule is O=C1OC2(CCCN(S(=O)(=O)c3ccc4ccccc4c3)C2)c2ccccc21. The minimum absolute atomic E-state index is 0.144. The molecule has 142 valence electrons. The average Bonchev–Trinajstić information content (AvgIpc) is 2.99. The largest absolute Gasteiger partial charge is 0.449 e. The van der Waals surface area contributed by atoms with E-state index in [1.165, 1.54) is 4.31 Å². The summed E-state index contributed by atoms with van der Waals surface area (Å²) in [7, 11) is -3.69. The summed E-state index contributed by atoms with van der Waals surface area (Å²) in [6.07, 6.45) is 1.26. The van der Waals surface area contributed by atoms with Crippen LogP contribution in [-0.4, -0.2) is 31.8 Å². The van der Waals surface area contributed by atoms with Gasteiger partial charge in [0.25, 0.3) is 0 Å². The lowest BCUT2D eigenvalue weighted by molar-refractivity contribution is -0.0345. The molecule has 28 heavy (non-hydrogen) atoms. The zero-order chi connectivity index (χ0) is 19.4. The topological polar surface area (TPSA) is 63.7 Å². The second kappa shape index (κ2) is 6.15. The summed E-state index contributed by atoms with van der Waals surface area (Å²) in [5.41, 5.74) is 0.432. The number of sulfonamides is 1. The fraction of sp³-hybridized carbons (Fsp3) is 0.227. The van der Waals surface area contributed by atoms with E-state index in [2.05, 4.69) is 0 Å². The second-order valence-corrected chi connectivity index (χ2v) is 9.32. The van der Waals surface area contributed by atoms with Crippen LogP contribution in [0.4, 0.5) is 0 Å². The maximum absolute atomic E-state index is 13.3. The van der Waals surface area contributed by atoms with E-state index in [9.17, 15) is 13.2 Å². The van der Waals surface area contributed by atoms with Gasteiger partial charge in [-0.15, -0.1) is 0 Å². The molecule has 0 N–H and O–H groups in total. The minimum atomic E-state index is -3.69. The van der Waals surface area contributed by atoms with E-state index in [4.69, 9.17) is 4.74 Å². The molecular weight excluding hydrogens is 374 g/mol. The molecule has 3 aromatic carbocycles. The summed E-state index contributed by atoms with van der Waals surface area (Å²) in [6, 6.07) is 20.1. The van der Waals surface area contributed by atoms with Gasteiger partial charge < -0.3 is 4.74 Å². The third-order valence-corrected chi connectivity index (χ3v) is 7.55. The molecule has 2 aliphatic rings. The van der Waals surface area contributed by atoms with Gasteiger partial charge in [-0.2, -0.15) is 4.31 Å². The van der Waals surface area contributed by atoms with Crippen LogP contribution in [0.25, 0.3) is 10.8 Å². The van der Waals surface area contributed by atoms with Gasteiger partial charge in [-0.1, -0.05) is 48.5 Å². The molecule has 1 saturated heterocycles. The van der Waals surface area contributed by atoms with Crippen molar-refractivity contribution in [2.24, 2.45) is 0 Å². The van der Waals surface area contributed by atoms with Gasteiger partial charge in [-0.25, -0.2) is 13.2 Å². The first-order valence-electron chi connectivity index (χ1n) is 9.31. The lowest BCUT2D eigenvalue weighted by Gasteiger charge is -2.38. The normalized spacial score (nSPS) is 22.4. The standard InChI is InChI=1S/C22H19NO4S/c24-21-19-8-3-4-9-20(19)22(27-21)12-5-13-23(15-22)28(25,26)18-11-10-16-6-1-2-7-17(16)14-18/h1-4,6-11,14H,5,12-13,15H2. The maximum Gasteiger partial charge on any atom is 0.339 e. The van der Waals surface area contributed by atoms with E-state index in [0.717, 1.165) is 16.3 Å². The van der Waals surface area contributed by atoms with Crippen molar-refractivity contribution < 1.29 is 17.9 Å². The molecule has 0 aromatic heterocycles. The van der Waals surface area contributed by atoms with Gasteiger partial charge in [0.2, 0.25) is 10.0 Å². The monoisotopic (exact) mass is 393 g/mol. The predicted octanol–water partition coefficient (Wildman–Crippen LogP) is 3.69. The number of hydrogen-bond acceptors (Lipinski definition) is 4. The average molecular weight is 393 g/mol. The van der Waals surface area contributed by atoms with Crippen LogP contribution in [0.5, 0.6) is 0 Å². The number of piperidine rings is 1. The molecule has 2 heterocycles. The highest BCUT2D eigenvalue weighted by Crippen LogP contribution is 2.43. The van der Waals surface area contributed by atoms with Gasteiger partial charge in [0.1, 0.15) is 0 Å². The first-order valence-corrected chi connectivity index (χ1v) is 10.8. The molecule has 2 aliphatic heterocycles. The van der Waals surface area contributed by atoms with Gasteiger partial charge in [-0.3, -0.25) is 0 Å². The highest BCUT2D eigenvalue weighted by molar-refractivity contribution is 7.89. The van der Waals surface area contributed by atoms with Crippen molar-refractivity contribution >= 4 is 26.8 Å². The summed E-state index contributed by atoms with van der Waals surface area (Å²) >= 11 is 0.